The van der Waals surface area contributed by atoms with Crippen molar-refractivity contribution in [1.82, 2.24) is 0 Å². The molecule has 0 fully saturated rings. The quantitative estimate of drug-likeness (QED) is 0.579. The van der Waals surface area contributed by atoms with Gasteiger partial charge in [0.05, 0.1) is 12.8 Å². The second-order valence-electron chi connectivity index (χ2n) is 8.35. The summed E-state index contributed by atoms with van der Waals surface area (Å²) < 4.78 is 0. The number of aliphatic carboxylic acids is 2. The van der Waals surface area contributed by atoms with Gasteiger partial charge in [0.25, 0.3) is 0 Å². The zero-order chi connectivity index (χ0) is 19.8. The average Bonchev–Trinajstić information content (AvgIpc) is 2.45. The molecule has 142 valence electrons. The van der Waals surface area contributed by atoms with E-state index >= 15 is 0 Å². The van der Waals surface area contributed by atoms with Crippen LogP contribution in [0.5, 0.6) is 0 Å². The first kappa shape index (κ1) is 21.7. The van der Waals surface area contributed by atoms with Crippen LogP contribution in [0, 0.1) is 10.8 Å². The van der Waals surface area contributed by atoms with Crippen molar-refractivity contribution in [3.8, 4) is 0 Å². The summed E-state index contributed by atoms with van der Waals surface area (Å²) >= 11 is 0. The molecule has 0 atom stereocenters. The standard InChI is InChI=1S/C22H30O4/c1-21(2,15-19(23)24)13-5-7-17-9-11-18(12-10-17)8-6-14-22(3,4)16-20(25)26/h5-12H,13-16H2,1-4H3,(H,23,24)(H,25,26)/b7-5-,8-6+. The Balaban J connectivity index is 2.58. The van der Waals surface area contributed by atoms with Crippen molar-refractivity contribution in [2.45, 2.75) is 53.4 Å². The van der Waals surface area contributed by atoms with Crippen molar-refractivity contribution in [3.63, 3.8) is 0 Å². The number of hydrogen-bond donors (Lipinski definition) is 2. The first-order valence-electron chi connectivity index (χ1n) is 8.86. The van der Waals surface area contributed by atoms with Crippen LogP contribution >= 0.6 is 0 Å². The predicted molar refractivity (Wildman–Crippen MR) is 106 cm³/mol. The molecule has 1 aromatic carbocycles. The number of carbonyl (C=O) groups is 2. The molecule has 0 radical (unpaired) electrons. The molecule has 0 aromatic heterocycles. The van der Waals surface area contributed by atoms with Gasteiger partial charge in [-0.25, -0.2) is 0 Å². The Hall–Kier alpha value is -2.36. The Morgan fingerprint density at radius 2 is 1.08 bits per heavy atom. The third-order valence-corrected chi connectivity index (χ3v) is 4.16. The molecule has 0 saturated heterocycles. The summed E-state index contributed by atoms with van der Waals surface area (Å²) in [4.78, 5) is 21.7. The first-order chi connectivity index (χ1) is 12.0. The minimum absolute atomic E-state index is 0.152. The van der Waals surface area contributed by atoms with Crippen LogP contribution in [0.15, 0.2) is 36.4 Å². The van der Waals surface area contributed by atoms with E-state index in [-0.39, 0.29) is 23.7 Å². The molecule has 26 heavy (non-hydrogen) atoms. The van der Waals surface area contributed by atoms with Gasteiger partial charge in [0.15, 0.2) is 0 Å². The normalized spacial score (nSPS) is 12.8. The number of carboxylic acid groups (broad SMARTS) is 2. The van der Waals surface area contributed by atoms with Crippen molar-refractivity contribution in [1.29, 1.82) is 0 Å². The molecule has 4 nitrogen and oxygen atoms in total. The van der Waals surface area contributed by atoms with Crippen LogP contribution in [0.4, 0.5) is 0 Å². The molecule has 0 bridgehead atoms. The summed E-state index contributed by atoms with van der Waals surface area (Å²) in [6.07, 6.45) is 9.77. The van der Waals surface area contributed by atoms with E-state index in [2.05, 4.69) is 0 Å². The Morgan fingerprint density at radius 1 is 0.769 bits per heavy atom. The molecule has 2 N–H and O–H groups in total. The van der Waals surface area contributed by atoms with Crippen LogP contribution in [0.25, 0.3) is 12.2 Å². The van der Waals surface area contributed by atoms with Crippen LogP contribution in [-0.2, 0) is 9.59 Å². The molecule has 0 spiro atoms. The summed E-state index contributed by atoms with van der Waals surface area (Å²) in [5, 5.41) is 17.8. The number of carboxylic acids is 2. The van der Waals surface area contributed by atoms with Crippen molar-refractivity contribution >= 4 is 24.1 Å². The SMILES string of the molecule is CC(C)(C/C=C\c1ccc(/C=C/CC(C)(C)CC(=O)O)cc1)CC(=O)O. The van der Waals surface area contributed by atoms with Gasteiger partial charge in [0, 0.05) is 0 Å². The van der Waals surface area contributed by atoms with E-state index in [0.29, 0.717) is 12.8 Å². The van der Waals surface area contributed by atoms with Gasteiger partial charge in [-0.1, -0.05) is 76.3 Å². The summed E-state index contributed by atoms with van der Waals surface area (Å²) in [5.74, 6) is -1.54. The highest BCUT2D eigenvalue weighted by Gasteiger charge is 2.20. The maximum Gasteiger partial charge on any atom is 0.303 e. The van der Waals surface area contributed by atoms with Crippen LogP contribution < -0.4 is 0 Å². The minimum Gasteiger partial charge on any atom is -0.481 e. The molecule has 0 aliphatic rings. The monoisotopic (exact) mass is 358 g/mol. The fraction of sp³-hybridized carbons (Fsp3) is 0.455. The van der Waals surface area contributed by atoms with Crippen LogP contribution in [0.2, 0.25) is 0 Å². The molecule has 0 amide bonds. The molecule has 1 rings (SSSR count). The highest BCUT2D eigenvalue weighted by molar-refractivity contribution is 5.68. The molecule has 0 unspecified atom stereocenters. The predicted octanol–water partition coefficient (Wildman–Crippen LogP) is 5.50. The Bertz CT molecular complexity index is 605. The summed E-state index contributed by atoms with van der Waals surface area (Å²) in [6, 6.07) is 8.07. The summed E-state index contributed by atoms with van der Waals surface area (Å²) in [5.41, 5.74) is 1.63. The number of rotatable bonds is 10. The van der Waals surface area contributed by atoms with E-state index in [1.54, 1.807) is 0 Å². The number of benzene rings is 1. The van der Waals surface area contributed by atoms with Gasteiger partial charge in [0.2, 0.25) is 0 Å². The Kier molecular flexibility index (Phi) is 7.81. The summed E-state index contributed by atoms with van der Waals surface area (Å²) in [7, 11) is 0. The zero-order valence-corrected chi connectivity index (χ0v) is 16.2. The van der Waals surface area contributed by atoms with Crippen LogP contribution in [0.3, 0.4) is 0 Å². The van der Waals surface area contributed by atoms with E-state index < -0.39 is 11.9 Å². The lowest BCUT2D eigenvalue weighted by Gasteiger charge is -2.19. The fourth-order valence-electron chi connectivity index (χ4n) is 2.71. The van der Waals surface area contributed by atoms with Crippen molar-refractivity contribution < 1.29 is 19.8 Å². The largest absolute Gasteiger partial charge is 0.481 e. The first-order valence-corrected chi connectivity index (χ1v) is 8.86. The molecule has 0 saturated carbocycles. The van der Waals surface area contributed by atoms with E-state index in [0.717, 1.165) is 11.1 Å². The van der Waals surface area contributed by atoms with Crippen LogP contribution in [0.1, 0.15) is 64.5 Å². The van der Waals surface area contributed by atoms with E-state index in [1.165, 1.54) is 0 Å². The van der Waals surface area contributed by atoms with Gasteiger partial charge in [-0.05, 0) is 34.8 Å². The average molecular weight is 358 g/mol. The topological polar surface area (TPSA) is 74.6 Å². The third-order valence-electron chi connectivity index (χ3n) is 4.16. The lowest BCUT2D eigenvalue weighted by molar-refractivity contribution is -0.140. The molecule has 0 aliphatic heterocycles. The lowest BCUT2D eigenvalue weighted by Crippen LogP contribution is -2.15. The minimum atomic E-state index is -0.772. The Morgan fingerprint density at radius 3 is 1.35 bits per heavy atom. The van der Waals surface area contributed by atoms with Gasteiger partial charge in [-0.15, -0.1) is 0 Å². The van der Waals surface area contributed by atoms with E-state index in [4.69, 9.17) is 10.2 Å². The maximum atomic E-state index is 10.8. The van der Waals surface area contributed by atoms with Gasteiger partial charge >= 0.3 is 11.9 Å². The van der Waals surface area contributed by atoms with Crippen molar-refractivity contribution in [2.75, 3.05) is 0 Å². The molecule has 4 heteroatoms. The second-order valence-corrected chi connectivity index (χ2v) is 8.35. The molecule has 1 aromatic rings. The molecule has 0 aliphatic carbocycles. The van der Waals surface area contributed by atoms with E-state index in [1.807, 2.05) is 76.3 Å². The molecule has 0 heterocycles. The number of hydrogen-bond acceptors (Lipinski definition) is 2. The van der Waals surface area contributed by atoms with Crippen molar-refractivity contribution in [2.24, 2.45) is 10.8 Å². The highest BCUT2D eigenvalue weighted by Crippen LogP contribution is 2.27. The zero-order valence-electron chi connectivity index (χ0n) is 16.2. The maximum absolute atomic E-state index is 10.8. The van der Waals surface area contributed by atoms with E-state index in [9.17, 15) is 9.59 Å². The lowest BCUT2D eigenvalue weighted by atomic mass is 9.85. The number of allylic oxidation sites excluding steroid dienone is 2. The fourth-order valence-corrected chi connectivity index (χ4v) is 2.71. The summed E-state index contributed by atoms with van der Waals surface area (Å²) in [6.45, 7) is 7.80. The third kappa shape index (κ3) is 9.21. The smallest absolute Gasteiger partial charge is 0.303 e. The van der Waals surface area contributed by atoms with Gasteiger partial charge in [-0.2, -0.15) is 0 Å². The second kappa shape index (κ2) is 9.37. The molecular formula is C22H30O4. The molecular weight excluding hydrogens is 328 g/mol. The van der Waals surface area contributed by atoms with Crippen molar-refractivity contribution in [3.05, 3.63) is 47.5 Å². The van der Waals surface area contributed by atoms with Gasteiger partial charge in [-0.3, -0.25) is 9.59 Å². The highest BCUT2D eigenvalue weighted by atomic mass is 16.4. The Labute approximate surface area is 156 Å². The van der Waals surface area contributed by atoms with Crippen LogP contribution in [-0.4, -0.2) is 22.2 Å². The van der Waals surface area contributed by atoms with Gasteiger partial charge < -0.3 is 10.2 Å². The van der Waals surface area contributed by atoms with Gasteiger partial charge in [0.1, 0.15) is 0 Å².